The SMILES string of the molecule is Cc1c(NC(=O)c2cccc(NC3=C(Cl)C(=O)N(c4ccc(F)c(Cl)c4)C3=O)c2)c(=O)n(-c2ccccc2)n1C. The minimum Gasteiger partial charge on any atom is -0.350 e. The number of carbonyl (C=O) groups is 3. The Labute approximate surface area is 237 Å². The topological polar surface area (TPSA) is 105 Å². The average molecular weight is 580 g/mol. The number of rotatable bonds is 6. The minimum atomic E-state index is -0.819. The molecule has 12 heteroatoms. The van der Waals surface area contributed by atoms with Gasteiger partial charge in [0.2, 0.25) is 0 Å². The van der Waals surface area contributed by atoms with Crippen LogP contribution in [-0.2, 0) is 16.6 Å². The van der Waals surface area contributed by atoms with Crippen molar-refractivity contribution < 1.29 is 18.8 Å². The van der Waals surface area contributed by atoms with E-state index < -0.39 is 29.1 Å². The summed E-state index contributed by atoms with van der Waals surface area (Å²) in [5, 5.41) is 4.82. The normalized spacial score (nSPS) is 13.3. The number of benzene rings is 3. The molecule has 1 aliphatic rings. The number of aromatic nitrogens is 2. The van der Waals surface area contributed by atoms with Crippen molar-refractivity contribution in [3.8, 4) is 5.69 Å². The van der Waals surface area contributed by atoms with Crippen LogP contribution in [-0.4, -0.2) is 27.1 Å². The highest BCUT2D eigenvalue weighted by Gasteiger charge is 2.39. The van der Waals surface area contributed by atoms with Crippen LogP contribution in [0.5, 0.6) is 0 Å². The summed E-state index contributed by atoms with van der Waals surface area (Å²) < 4.78 is 16.7. The smallest absolute Gasteiger partial charge is 0.295 e. The Hall–Kier alpha value is -4.67. The van der Waals surface area contributed by atoms with Crippen molar-refractivity contribution in [2.45, 2.75) is 6.92 Å². The van der Waals surface area contributed by atoms with Crippen LogP contribution >= 0.6 is 23.2 Å². The van der Waals surface area contributed by atoms with Gasteiger partial charge in [-0.15, -0.1) is 0 Å². The minimum absolute atomic E-state index is 0.0452. The molecule has 0 saturated carbocycles. The predicted octanol–water partition coefficient (Wildman–Crippen LogP) is 4.96. The van der Waals surface area contributed by atoms with Gasteiger partial charge in [-0.1, -0.05) is 47.5 Å². The Morgan fingerprint density at radius 2 is 1.60 bits per heavy atom. The van der Waals surface area contributed by atoms with Gasteiger partial charge in [-0.3, -0.25) is 23.9 Å². The number of nitrogens with one attached hydrogen (secondary N) is 2. The van der Waals surface area contributed by atoms with Gasteiger partial charge in [-0.05, 0) is 55.5 Å². The second-order valence-electron chi connectivity index (χ2n) is 8.83. The van der Waals surface area contributed by atoms with Gasteiger partial charge in [-0.2, -0.15) is 0 Å². The van der Waals surface area contributed by atoms with E-state index in [2.05, 4.69) is 10.6 Å². The Morgan fingerprint density at radius 1 is 0.875 bits per heavy atom. The number of halogens is 3. The van der Waals surface area contributed by atoms with Crippen molar-refractivity contribution in [2.75, 3.05) is 15.5 Å². The third kappa shape index (κ3) is 4.67. The van der Waals surface area contributed by atoms with Crippen molar-refractivity contribution in [1.82, 2.24) is 9.36 Å². The molecule has 0 fully saturated rings. The second-order valence-corrected chi connectivity index (χ2v) is 9.61. The molecule has 3 amide bonds. The molecule has 3 aromatic carbocycles. The third-order valence-electron chi connectivity index (χ3n) is 6.38. The number of para-hydroxylation sites is 1. The lowest BCUT2D eigenvalue weighted by Gasteiger charge is -2.15. The Kier molecular flexibility index (Phi) is 7.05. The lowest BCUT2D eigenvalue weighted by molar-refractivity contribution is -0.120. The van der Waals surface area contributed by atoms with Gasteiger partial charge in [0.25, 0.3) is 23.3 Å². The molecule has 5 rings (SSSR count). The molecular weight excluding hydrogens is 560 g/mol. The zero-order valence-corrected chi connectivity index (χ0v) is 22.5. The van der Waals surface area contributed by atoms with E-state index in [1.54, 1.807) is 55.1 Å². The maximum Gasteiger partial charge on any atom is 0.295 e. The zero-order chi connectivity index (χ0) is 28.7. The molecular formula is C28H20Cl2FN5O4. The van der Waals surface area contributed by atoms with Gasteiger partial charge in [0.05, 0.1) is 22.1 Å². The van der Waals surface area contributed by atoms with Crippen LogP contribution in [0.2, 0.25) is 5.02 Å². The van der Waals surface area contributed by atoms with Crippen LogP contribution in [0.25, 0.3) is 5.69 Å². The molecule has 202 valence electrons. The average Bonchev–Trinajstić information content (AvgIpc) is 3.29. The van der Waals surface area contributed by atoms with Crippen LogP contribution < -0.4 is 21.1 Å². The molecule has 0 radical (unpaired) electrons. The number of hydrogen-bond donors (Lipinski definition) is 2. The van der Waals surface area contributed by atoms with E-state index in [1.165, 1.54) is 22.9 Å². The number of hydrogen-bond acceptors (Lipinski definition) is 5. The summed E-state index contributed by atoms with van der Waals surface area (Å²) in [6, 6.07) is 18.5. The summed E-state index contributed by atoms with van der Waals surface area (Å²) in [6.45, 7) is 1.71. The molecule has 0 atom stereocenters. The van der Waals surface area contributed by atoms with Crippen molar-refractivity contribution in [3.05, 3.63) is 116 Å². The standard InChI is InChI=1S/C28H20Cl2FN5O4/c1-15-23(28(40)36(34(15)2)18-9-4-3-5-10-18)33-25(37)16-7-6-8-17(13-16)32-24-22(30)26(38)35(27(24)39)19-11-12-21(31)20(29)14-19/h3-14,32H,1-2H3,(H,33,37). The first-order chi connectivity index (χ1) is 19.1. The Bertz CT molecular complexity index is 1800. The molecule has 0 unspecified atom stereocenters. The van der Waals surface area contributed by atoms with Crippen LogP contribution in [0, 0.1) is 12.7 Å². The van der Waals surface area contributed by atoms with E-state index >= 15 is 0 Å². The summed E-state index contributed by atoms with van der Waals surface area (Å²) in [7, 11) is 1.71. The molecule has 0 saturated heterocycles. The molecule has 4 aromatic rings. The van der Waals surface area contributed by atoms with E-state index in [0.717, 1.165) is 17.0 Å². The molecule has 2 heterocycles. The highest BCUT2D eigenvalue weighted by atomic mass is 35.5. The second kappa shape index (κ2) is 10.5. The van der Waals surface area contributed by atoms with Gasteiger partial charge in [0.15, 0.2) is 0 Å². The van der Waals surface area contributed by atoms with Gasteiger partial charge >= 0.3 is 0 Å². The van der Waals surface area contributed by atoms with Crippen molar-refractivity contribution in [3.63, 3.8) is 0 Å². The summed E-state index contributed by atoms with van der Waals surface area (Å²) in [6.07, 6.45) is 0. The number of imide groups is 1. The van der Waals surface area contributed by atoms with Gasteiger partial charge in [0, 0.05) is 18.3 Å². The maximum absolute atomic E-state index is 13.6. The quantitative estimate of drug-likeness (QED) is 0.314. The van der Waals surface area contributed by atoms with E-state index in [4.69, 9.17) is 23.2 Å². The van der Waals surface area contributed by atoms with Crippen LogP contribution in [0.3, 0.4) is 0 Å². The van der Waals surface area contributed by atoms with E-state index in [1.807, 2.05) is 6.07 Å². The molecule has 1 aromatic heterocycles. The van der Waals surface area contributed by atoms with Gasteiger partial charge < -0.3 is 10.6 Å². The first-order valence-electron chi connectivity index (χ1n) is 11.8. The lowest BCUT2D eigenvalue weighted by Crippen LogP contribution is -2.32. The van der Waals surface area contributed by atoms with Crippen molar-refractivity contribution in [2.24, 2.45) is 7.05 Å². The first-order valence-corrected chi connectivity index (χ1v) is 12.6. The first kappa shape index (κ1) is 26.9. The van der Waals surface area contributed by atoms with Crippen LogP contribution in [0.1, 0.15) is 16.1 Å². The molecule has 0 spiro atoms. The number of anilines is 3. The third-order valence-corrected chi connectivity index (χ3v) is 7.02. The molecule has 1 aliphatic heterocycles. The molecule has 0 bridgehead atoms. The van der Waals surface area contributed by atoms with E-state index in [-0.39, 0.29) is 38.4 Å². The summed E-state index contributed by atoms with van der Waals surface area (Å²) in [5.74, 6) is -2.87. The van der Waals surface area contributed by atoms with E-state index in [9.17, 15) is 23.6 Å². The predicted molar refractivity (Wildman–Crippen MR) is 151 cm³/mol. The highest BCUT2D eigenvalue weighted by Crippen LogP contribution is 2.32. The van der Waals surface area contributed by atoms with Gasteiger partial charge in [-0.25, -0.2) is 14.0 Å². The number of nitrogens with zero attached hydrogens (tertiary/aromatic N) is 3. The summed E-state index contributed by atoms with van der Waals surface area (Å²) >= 11 is 12.0. The molecule has 2 N–H and O–H groups in total. The Morgan fingerprint density at radius 3 is 2.30 bits per heavy atom. The van der Waals surface area contributed by atoms with Crippen LogP contribution in [0.15, 0.2) is 88.3 Å². The fourth-order valence-electron chi connectivity index (χ4n) is 4.25. The van der Waals surface area contributed by atoms with Gasteiger partial charge in [0.1, 0.15) is 22.2 Å². The molecule has 9 nitrogen and oxygen atoms in total. The van der Waals surface area contributed by atoms with Crippen molar-refractivity contribution >= 4 is 58.0 Å². The number of amides is 3. The largest absolute Gasteiger partial charge is 0.350 e. The van der Waals surface area contributed by atoms with Crippen molar-refractivity contribution in [1.29, 1.82) is 0 Å². The maximum atomic E-state index is 13.6. The zero-order valence-electron chi connectivity index (χ0n) is 21.0. The number of carbonyl (C=O) groups excluding carboxylic acids is 3. The lowest BCUT2D eigenvalue weighted by atomic mass is 10.1. The van der Waals surface area contributed by atoms with Crippen LogP contribution in [0.4, 0.5) is 21.5 Å². The Balaban J connectivity index is 1.38. The highest BCUT2D eigenvalue weighted by molar-refractivity contribution is 6.53. The fraction of sp³-hybridized carbons (Fsp3) is 0.0714. The summed E-state index contributed by atoms with van der Waals surface area (Å²) in [4.78, 5) is 52.8. The monoisotopic (exact) mass is 579 g/mol. The molecule has 0 aliphatic carbocycles. The molecule has 40 heavy (non-hydrogen) atoms. The summed E-state index contributed by atoms with van der Waals surface area (Å²) in [5.41, 5.74) is 1.18. The van der Waals surface area contributed by atoms with E-state index in [0.29, 0.717) is 11.4 Å². The fourth-order valence-corrected chi connectivity index (χ4v) is 4.64.